The van der Waals surface area contributed by atoms with Crippen molar-refractivity contribution in [3.63, 3.8) is 0 Å². The highest BCUT2D eigenvalue weighted by atomic mass is 32.2. The van der Waals surface area contributed by atoms with E-state index >= 15 is 0 Å². The molecular weight excluding hydrogens is 240 g/mol. The maximum atomic E-state index is 11.2. The van der Waals surface area contributed by atoms with Crippen LogP contribution in [0, 0.1) is 13.8 Å². The van der Waals surface area contributed by atoms with Gasteiger partial charge in [0.05, 0.1) is 11.3 Å². The van der Waals surface area contributed by atoms with Gasteiger partial charge in [-0.1, -0.05) is 6.92 Å². The van der Waals surface area contributed by atoms with Gasteiger partial charge in [-0.25, -0.2) is 4.79 Å². The number of aliphatic hydroxyl groups is 1. The van der Waals surface area contributed by atoms with E-state index in [1.807, 2.05) is 6.92 Å². The Kier molecular flexibility index (Phi) is 4.89. The van der Waals surface area contributed by atoms with Gasteiger partial charge in [0.15, 0.2) is 0 Å². The van der Waals surface area contributed by atoms with Crippen LogP contribution in [-0.4, -0.2) is 38.2 Å². The van der Waals surface area contributed by atoms with Gasteiger partial charge >= 0.3 is 5.97 Å². The molecule has 0 aromatic carbocycles. The van der Waals surface area contributed by atoms with Crippen molar-refractivity contribution in [1.82, 2.24) is 10.2 Å². The summed E-state index contributed by atoms with van der Waals surface area (Å²) in [7, 11) is 0. The summed E-state index contributed by atoms with van der Waals surface area (Å²) in [4.78, 5) is 11.2. The lowest BCUT2D eigenvalue weighted by Gasteiger charge is -2.12. The molecule has 1 rings (SSSR count). The first-order chi connectivity index (χ1) is 7.97. The number of aryl methyl sites for hydroxylation is 1. The molecule has 0 saturated heterocycles. The van der Waals surface area contributed by atoms with E-state index in [0.29, 0.717) is 22.7 Å². The van der Waals surface area contributed by atoms with Crippen molar-refractivity contribution in [2.45, 2.75) is 37.5 Å². The molecule has 1 aromatic heterocycles. The maximum absolute atomic E-state index is 11.2. The molecule has 0 saturated carbocycles. The number of carboxylic acid groups (broad SMARTS) is 1. The van der Waals surface area contributed by atoms with Gasteiger partial charge in [0.2, 0.25) is 0 Å². The highest BCUT2D eigenvalue weighted by Crippen LogP contribution is 2.28. The number of aromatic carboxylic acids is 1. The molecular formula is C11H16N2O3S. The third-order valence-electron chi connectivity index (χ3n) is 2.48. The topological polar surface area (TPSA) is 83.3 Å². The molecule has 0 fully saturated rings. The second kappa shape index (κ2) is 5.97. The van der Waals surface area contributed by atoms with Gasteiger partial charge in [-0.05, 0) is 25.8 Å². The summed E-state index contributed by atoms with van der Waals surface area (Å²) in [5.41, 5.74) is 1.49. The second-order valence-electron chi connectivity index (χ2n) is 3.84. The van der Waals surface area contributed by atoms with E-state index in [1.54, 1.807) is 13.8 Å². The molecule has 1 aromatic rings. The first-order valence-electron chi connectivity index (χ1n) is 5.32. The van der Waals surface area contributed by atoms with Crippen LogP contribution in [0.5, 0.6) is 0 Å². The fraction of sp³-hybridized carbons (Fsp3) is 0.545. The lowest BCUT2D eigenvalue weighted by atomic mass is 10.1. The van der Waals surface area contributed by atoms with Gasteiger partial charge in [0, 0.05) is 11.9 Å². The van der Waals surface area contributed by atoms with Crippen LogP contribution in [-0.2, 0) is 0 Å². The number of carboxylic acids is 1. The number of rotatable bonds is 5. The minimum atomic E-state index is -0.987. The molecule has 0 aliphatic heterocycles. The van der Waals surface area contributed by atoms with Crippen LogP contribution in [0.3, 0.4) is 0 Å². The molecule has 1 atom stereocenters. The van der Waals surface area contributed by atoms with Crippen molar-refractivity contribution in [3.8, 4) is 0 Å². The van der Waals surface area contributed by atoms with Crippen molar-refractivity contribution in [1.29, 1.82) is 0 Å². The van der Waals surface area contributed by atoms with Crippen molar-refractivity contribution in [2.75, 3.05) is 6.61 Å². The molecule has 0 aliphatic carbocycles. The zero-order valence-corrected chi connectivity index (χ0v) is 10.9. The number of aliphatic hydroxyl groups excluding tert-OH is 1. The molecule has 0 bridgehead atoms. The van der Waals surface area contributed by atoms with Gasteiger partial charge in [0.25, 0.3) is 0 Å². The second-order valence-corrected chi connectivity index (χ2v) is 5.26. The largest absolute Gasteiger partial charge is 0.478 e. The number of nitrogens with zero attached hydrogens (tertiary/aromatic N) is 2. The molecule has 1 heterocycles. The first kappa shape index (κ1) is 13.9. The van der Waals surface area contributed by atoms with Crippen LogP contribution >= 0.6 is 11.8 Å². The summed E-state index contributed by atoms with van der Waals surface area (Å²) in [5.74, 6) is -0.987. The SMILES string of the molecule is Cc1nnc(SC(C)CCO)c(C(=O)O)c1C. The lowest BCUT2D eigenvalue weighted by Crippen LogP contribution is -2.10. The monoisotopic (exact) mass is 256 g/mol. The third kappa shape index (κ3) is 3.41. The minimum absolute atomic E-state index is 0.0782. The lowest BCUT2D eigenvalue weighted by molar-refractivity contribution is 0.0690. The van der Waals surface area contributed by atoms with Gasteiger partial charge in [-0.15, -0.1) is 16.9 Å². The fourth-order valence-electron chi connectivity index (χ4n) is 1.35. The summed E-state index contributed by atoms with van der Waals surface area (Å²) in [6.07, 6.45) is 0.596. The first-order valence-corrected chi connectivity index (χ1v) is 6.20. The Labute approximate surface area is 104 Å². The van der Waals surface area contributed by atoms with E-state index < -0.39 is 5.97 Å². The number of thioether (sulfide) groups is 1. The summed E-state index contributed by atoms with van der Waals surface area (Å²) in [6.45, 7) is 5.47. The molecule has 2 N–H and O–H groups in total. The Bertz CT molecular complexity index is 423. The van der Waals surface area contributed by atoms with E-state index in [-0.39, 0.29) is 17.4 Å². The Morgan fingerprint density at radius 2 is 2.06 bits per heavy atom. The summed E-state index contributed by atoms with van der Waals surface area (Å²) in [6, 6.07) is 0. The fourth-order valence-corrected chi connectivity index (χ4v) is 2.40. The number of carbonyl (C=O) groups is 1. The van der Waals surface area contributed by atoms with Crippen LogP contribution in [0.4, 0.5) is 0 Å². The zero-order valence-electron chi connectivity index (χ0n) is 10.1. The molecule has 17 heavy (non-hydrogen) atoms. The summed E-state index contributed by atoms with van der Waals surface area (Å²) < 4.78 is 0. The third-order valence-corrected chi connectivity index (χ3v) is 3.63. The normalized spacial score (nSPS) is 12.5. The van der Waals surface area contributed by atoms with Gasteiger partial charge in [-0.2, -0.15) is 5.10 Å². The molecule has 94 valence electrons. The van der Waals surface area contributed by atoms with Crippen LogP contribution in [0.15, 0.2) is 5.03 Å². The number of hydrogen-bond acceptors (Lipinski definition) is 5. The van der Waals surface area contributed by atoms with Crippen LogP contribution in [0.25, 0.3) is 0 Å². The Balaban J connectivity index is 3.07. The molecule has 0 aliphatic rings. The average molecular weight is 256 g/mol. The Hall–Kier alpha value is -1.14. The van der Waals surface area contributed by atoms with E-state index in [1.165, 1.54) is 11.8 Å². The molecule has 0 radical (unpaired) electrons. The predicted molar refractivity (Wildman–Crippen MR) is 65.5 cm³/mol. The van der Waals surface area contributed by atoms with E-state index in [9.17, 15) is 9.90 Å². The molecule has 0 spiro atoms. The summed E-state index contributed by atoms with van der Waals surface area (Å²) in [5, 5.41) is 26.4. The van der Waals surface area contributed by atoms with E-state index in [2.05, 4.69) is 10.2 Å². The molecule has 6 heteroatoms. The summed E-state index contributed by atoms with van der Waals surface area (Å²) >= 11 is 1.33. The van der Waals surface area contributed by atoms with Gasteiger partial charge in [0.1, 0.15) is 5.03 Å². The maximum Gasteiger partial charge on any atom is 0.338 e. The van der Waals surface area contributed by atoms with Crippen molar-refractivity contribution in [3.05, 3.63) is 16.8 Å². The Morgan fingerprint density at radius 1 is 1.41 bits per heavy atom. The smallest absolute Gasteiger partial charge is 0.338 e. The van der Waals surface area contributed by atoms with E-state index in [0.717, 1.165) is 0 Å². The quantitative estimate of drug-likeness (QED) is 0.779. The Morgan fingerprint density at radius 3 is 2.59 bits per heavy atom. The molecule has 1 unspecified atom stereocenters. The molecule has 5 nitrogen and oxygen atoms in total. The standard InChI is InChI=1S/C11H16N2O3S/c1-6(4-5-14)17-10-9(11(15)16)7(2)8(3)12-13-10/h6,14H,4-5H2,1-3H3,(H,15,16). The van der Waals surface area contributed by atoms with E-state index in [4.69, 9.17) is 5.11 Å². The highest BCUT2D eigenvalue weighted by Gasteiger charge is 2.19. The minimum Gasteiger partial charge on any atom is -0.478 e. The average Bonchev–Trinajstić information content (AvgIpc) is 2.23. The zero-order chi connectivity index (χ0) is 13.0. The van der Waals surface area contributed by atoms with Crippen LogP contribution in [0.1, 0.15) is 35.0 Å². The van der Waals surface area contributed by atoms with Crippen molar-refractivity contribution in [2.24, 2.45) is 0 Å². The van der Waals surface area contributed by atoms with Crippen LogP contribution in [0.2, 0.25) is 0 Å². The number of aromatic nitrogens is 2. The number of hydrogen-bond donors (Lipinski definition) is 2. The van der Waals surface area contributed by atoms with Gasteiger partial charge < -0.3 is 10.2 Å². The van der Waals surface area contributed by atoms with Crippen LogP contribution < -0.4 is 0 Å². The predicted octanol–water partition coefficient (Wildman–Crippen LogP) is 1.65. The van der Waals surface area contributed by atoms with Crippen molar-refractivity contribution < 1.29 is 15.0 Å². The van der Waals surface area contributed by atoms with Gasteiger partial charge in [-0.3, -0.25) is 0 Å². The molecule has 0 amide bonds. The highest BCUT2D eigenvalue weighted by molar-refractivity contribution is 7.99. The van der Waals surface area contributed by atoms with Crippen molar-refractivity contribution >= 4 is 17.7 Å².